The molecule has 0 aliphatic rings. The van der Waals surface area contributed by atoms with Crippen LogP contribution in [0.2, 0.25) is 0 Å². The van der Waals surface area contributed by atoms with E-state index in [0.29, 0.717) is 12.1 Å². The van der Waals surface area contributed by atoms with Crippen LogP contribution in [-0.2, 0) is 0 Å². The van der Waals surface area contributed by atoms with Gasteiger partial charge in [-0.05, 0) is 34.2 Å². The Bertz CT molecular complexity index is 63.7. The summed E-state index contributed by atoms with van der Waals surface area (Å²) < 4.78 is 0. The first-order chi connectivity index (χ1) is 4.09. The zero-order chi connectivity index (χ0) is 7.44. The second kappa shape index (κ2) is 6.28. The molecular formula is C8H19LiN+. The maximum atomic E-state index is 2.46. The molecule has 0 saturated heterocycles. The van der Waals surface area contributed by atoms with E-state index in [1.807, 2.05) is 0 Å². The van der Waals surface area contributed by atoms with Gasteiger partial charge in [-0.15, -0.1) is 0 Å². The Hall–Kier alpha value is 0.557. The number of rotatable bonds is 3. The number of hydrogen-bond donors (Lipinski definition) is 0. The summed E-state index contributed by atoms with van der Waals surface area (Å²) in [5.74, 6) is 0. The van der Waals surface area contributed by atoms with Crippen molar-refractivity contribution in [2.45, 2.75) is 46.7 Å². The first kappa shape index (κ1) is 13.2. The third-order valence-corrected chi connectivity index (χ3v) is 1.69. The standard InChI is InChI=1S/C8H19N.Li/c1-6-9(7(2)3)8(4)5;/h7-8H,6H2,1-5H3;/q;+1. The smallest absolute Gasteiger partial charge is 0.299 e. The molecule has 0 heterocycles. The summed E-state index contributed by atoms with van der Waals surface area (Å²) in [6, 6.07) is 1.38. The fourth-order valence-corrected chi connectivity index (χ4v) is 1.33. The molecule has 0 aliphatic heterocycles. The van der Waals surface area contributed by atoms with Gasteiger partial charge >= 0.3 is 18.9 Å². The van der Waals surface area contributed by atoms with Crippen molar-refractivity contribution in [2.24, 2.45) is 0 Å². The van der Waals surface area contributed by atoms with Gasteiger partial charge < -0.3 is 0 Å². The summed E-state index contributed by atoms with van der Waals surface area (Å²) in [4.78, 5) is 2.46. The Morgan fingerprint density at radius 3 is 1.30 bits per heavy atom. The maximum absolute atomic E-state index is 2.46. The maximum Gasteiger partial charge on any atom is 1.00 e. The minimum atomic E-state index is 0. The molecule has 0 spiro atoms. The van der Waals surface area contributed by atoms with Gasteiger partial charge in [-0.2, -0.15) is 0 Å². The molecule has 0 saturated carbocycles. The van der Waals surface area contributed by atoms with Crippen LogP contribution in [0.5, 0.6) is 0 Å². The summed E-state index contributed by atoms with van der Waals surface area (Å²) in [7, 11) is 0. The van der Waals surface area contributed by atoms with Crippen molar-refractivity contribution < 1.29 is 18.9 Å². The monoisotopic (exact) mass is 136 g/mol. The molecule has 0 aromatic rings. The SMILES string of the molecule is CCN(C(C)C)C(C)C.[Li+]. The molecule has 0 rings (SSSR count). The van der Waals surface area contributed by atoms with Gasteiger partial charge in [0.1, 0.15) is 0 Å². The fraction of sp³-hybridized carbons (Fsp3) is 1.00. The first-order valence-corrected chi connectivity index (χ1v) is 3.85. The predicted octanol–water partition coefficient (Wildman–Crippen LogP) is -0.871. The van der Waals surface area contributed by atoms with Gasteiger partial charge in [0.2, 0.25) is 0 Å². The summed E-state index contributed by atoms with van der Waals surface area (Å²) in [5, 5.41) is 0. The van der Waals surface area contributed by atoms with E-state index >= 15 is 0 Å². The van der Waals surface area contributed by atoms with Crippen LogP contribution >= 0.6 is 0 Å². The molecule has 0 N–H and O–H groups in total. The van der Waals surface area contributed by atoms with Gasteiger partial charge in [0.15, 0.2) is 0 Å². The first-order valence-electron chi connectivity index (χ1n) is 3.85. The molecule has 0 atom stereocenters. The van der Waals surface area contributed by atoms with Gasteiger partial charge in [0.05, 0.1) is 0 Å². The Morgan fingerprint density at radius 1 is 1.00 bits per heavy atom. The van der Waals surface area contributed by atoms with Gasteiger partial charge in [-0.3, -0.25) is 4.90 Å². The van der Waals surface area contributed by atoms with Crippen molar-refractivity contribution in [3.05, 3.63) is 0 Å². The van der Waals surface area contributed by atoms with Gasteiger partial charge in [0.25, 0.3) is 0 Å². The third-order valence-electron chi connectivity index (χ3n) is 1.69. The van der Waals surface area contributed by atoms with Crippen LogP contribution in [0.1, 0.15) is 34.6 Å². The van der Waals surface area contributed by atoms with Crippen molar-refractivity contribution in [1.82, 2.24) is 4.90 Å². The Balaban J connectivity index is 0. The quantitative estimate of drug-likeness (QED) is 0.456. The van der Waals surface area contributed by atoms with E-state index in [2.05, 4.69) is 39.5 Å². The Morgan fingerprint density at radius 2 is 1.30 bits per heavy atom. The van der Waals surface area contributed by atoms with E-state index in [-0.39, 0.29) is 18.9 Å². The molecular weight excluding hydrogens is 117 g/mol. The Kier molecular flexibility index (Phi) is 8.27. The second-order valence-corrected chi connectivity index (χ2v) is 3.02. The van der Waals surface area contributed by atoms with E-state index in [1.54, 1.807) is 0 Å². The van der Waals surface area contributed by atoms with Crippen molar-refractivity contribution in [1.29, 1.82) is 0 Å². The molecule has 0 fully saturated rings. The largest absolute Gasteiger partial charge is 1.00 e. The molecule has 10 heavy (non-hydrogen) atoms. The zero-order valence-electron chi connectivity index (χ0n) is 8.31. The average molecular weight is 136 g/mol. The van der Waals surface area contributed by atoms with Crippen LogP contribution in [0.25, 0.3) is 0 Å². The van der Waals surface area contributed by atoms with Gasteiger partial charge in [0, 0.05) is 12.1 Å². The molecule has 0 amide bonds. The molecule has 0 aromatic heterocycles. The minimum Gasteiger partial charge on any atom is -0.299 e. The molecule has 56 valence electrons. The fourth-order valence-electron chi connectivity index (χ4n) is 1.33. The molecule has 0 unspecified atom stereocenters. The summed E-state index contributed by atoms with van der Waals surface area (Å²) in [5.41, 5.74) is 0. The van der Waals surface area contributed by atoms with Gasteiger partial charge in [-0.25, -0.2) is 0 Å². The summed E-state index contributed by atoms with van der Waals surface area (Å²) in [6.07, 6.45) is 0. The number of hydrogen-bond acceptors (Lipinski definition) is 1. The van der Waals surface area contributed by atoms with E-state index < -0.39 is 0 Å². The van der Waals surface area contributed by atoms with Crippen molar-refractivity contribution in [2.75, 3.05) is 6.54 Å². The van der Waals surface area contributed by atoms with Crippen molar-refractivity contribution >= 4 is 0 Å². The molecule has 0 aromatic carbocycles. The zero-order valence-corrected chi connectivity index (χ0v) is 8.31. The summed E-state index contributed by atoms with van der Waals surface area (Å²) >= 11 is 0. The van der Waals surface area contributed by atoms with E-state index in [9.17, 15) is 0 Å². The minimum absolute atomic E-state index is 0. The van der Waals surface area contributed by atoms with Crippen LogP contribution in [-0.4, -0.2) is 23.5 Å². The molecule has 0 aliphatic carbocycles. The average Bonchev–Trinajstić information content (AvgIpc) is 1.64. The predicted molar refractivity (Wildman–Crippen MR) is 42.7 cm³/mol. The van der Waals surface area contributed by atoms with Crippen LogP contribution in [0, 0.1) is 0 Å². The topological polar surface area (TPSA) is 3.24 Å². The van der Waals surface area contributed by atoms with Crippen LogP contribution in [0.15, 0.2) is 0 Å². The second-order valence-electron chi connectivity index (χ2n) is 3.02. The van der Waals surface area contributed by atoms with Crippen LogP contribution < -0.4 is 18.9 Å². The molecule has 0 radical (unpaired) electrons. The van der Waals surface area contributed by atoms with E-state index in [1.165, 1.54) is 0 Å². The molecule has 0 bridgehead atoms. The van der Waals surface area contributed by atoms with Gasteiger partial charge in [-0.1, -0.05) is 6.92 Å². The van der Waals surface area contributed by atoms with Crippen molar-refractivity contribution in [3.8, 4) is 0 Å². The molecule has 2 heteroatoms. The van der Waals surface area contributed by atoms with Crippen LogP contribution in [0.4, 0.5) is 0 Å². The van der Waals surface area contributed by atoms with Crippen LogP contribution in [0.3, 0.4) is 0 Å². The van der Waals surface area contributed by atoms with E-state index in [0.717, 1.165) is 6.54 Å². The molecule has 1 nitrogen and oxygen atoms in total. The summed E-state index contributed by atoms with van der Waals surface area (Å²) in [6.45, 7) is 12.3. The normalized spacial score (nSPS) is 10.8. The van der Waals surface area contributed by atoms with E-state index in [4.69, 9.17) is 0 Å². The number of nitrogens with zero attached hydrogens (tertiary/aromatic N) is 1. The Labute approximate surface area is 77.4 Å². The third kappa shape index (κ3) is 4.39. The van der Waals surface area contributed by atoms with Crippen molar-refractivity contribution in [3.63, 3.8) is 0 Å².